The normalized spacial score (nSPS) is 12.1. The van der Waals surface area contributed by atoms with E-state index in [2.05, 4.69) is 27.3 Å². The lowest BCUT2D eigenvalue weighted by molar-refractivity contribution is 0.565. The minimum Gasteiger partial charge on any atom is -0.271 e. The number of terminal acetylenes is 1. The van der Waals surface area contributed by atoms with E-state index in [4.69, 9.17) is 12.3 Å². The molecule has 0 aliphatic heterocycles. The topological polar surface area (TPSA) is 38.0 Å². The molecule has 0 fully saturated rings. The molecule has 0 saturated carbocycles. The third kappa shape index (κ3) is 2.36. The first-order valence-electron chi connectivity index (χ1n) is 4.35. The van der Waals surface area contributed by atoms with Crippen molar-refractivity contribution in [3.63, 3.8) is 0 Å². The van der Waals surface area contributed by atoms with Crippen LogP contribution < -0.4 is 11.3 Å². The standard InChI is InChI=1S/C11H13BrN2/c1-3-5-10(14-13)9-7-4-6-8(2)11(9)12/h1,4,6-7,10,14H,5,13H2,2H3. The maximum absolute atomic E-state index is 5.44. The second-order valence-electron chi connectivity index (χ2n) is 3.11. The Hall–Kier alpha value is -0.820. The van der Waals surface area contributed by atoms with Crippen molar-refractivity contribution in [1.82, 2.24) is 5.43 Å². The van der Waals surface area contributed by atoms with Gasteiger partial charge in [0.15, 0.2) is 0 Å². The van der Waals surface area contributed by atoms with Crippen molar-refractivity contribution in [2.24, 2.45) is 5.84 Å². The quantitative estimate of drug-likeness (QED) is 0.492. The summed E-state index contributed by atoms with van der Waals surface area (Å²) in [6.45, 7) is 2.04. The van der Waals surface area contributed by atoms with Crippen LogP contribution in [0.2, 0.25) is 0 Å². The first-order chi connectivity index (χ1) is 6.70. The molecule has 0 heterocycles. The van der Waals surface area contributed by atoms with Crippen LogP contribution in [0.25, 0.3) is 0 Å². The van der Waals surface area contributed by atoms with E-state index in [1.54, 1.807) is 0 Å². The predicted octanol–water partition coefficient (Wildman–Crippen LogP) is 2.29. The molecule has 3 heteroatoms. The lowest BCUT2D eigenvalue weighted by Crippen LogP contribution is -2.28. The number of rotatable bonds is 3. The third-order valence-corrected chi connectivity index (χ3v) is 3.20. The van der Waals surface area contributed by atoms with Gasteiger partial charge in [0, 0.05) is 10.9 Å². The Morgan fingerprint density at radius 1 is 1.64 bits per heavy atom. The maximum atomic E-state index is 5.44. The molecule has 0 aliphatic carbocycles. The SMILES string of the molecule is C#CCC(NN)c1cccc(C)c1Br. The van der Waals surface area contributed by atoms with Crippen LogP contribution in [0, 0.1) is 19.3 Å². The zero-order chi connectivity index (χ0) is 10.6. The highest BCUT2D eigenvalue weighted by atomic mass is 79.9. The summed E-state index contributed by atoms with van der Waals surface area (Å²) < 4.78 is 1.07. The number of hydrogen-bond acceptors (Lipinski definition) is 2. The number of aryl methyl sites for hydroxylation is 1. The summed E-state index contributed by atoms with van der Waals surface area (Å²) in [6.07, 6.45) is 5.85. The second-order valence-corrected chi connectivity index (χ2v) is 3.90. The van der Waals surface area contributed by atoms with Gasteiger partial charge in [0.25, 0.3) is 0 Å². The van der Waals surface area contributed by atoms with Gasteiger partial charge in [0.2, 0.25) is 0 Å². The zero-order valence-corrected chi connectivity index (χ0v) is 9.64. The average molecular weight is 253 g/mol. The van der Waals surface area contributed by atoms with E-state index >= 15 is 0 Å². The minimum atomic E-state index is 0.00859. The molecule has 0 bridgehead atoms. The summed E-state index contributed by atoms with van der Waals surface area (Å²) in [4.78, 5) is 0. The Balaban J connectivity index is 3.05. The highest BCUT2D eigenvalue weighted by molar-refractivity contribution is 9.10. The van der Waals surface area contributed by atoms with Gasteiger partial charge in [-0.3, -0.25) is 11.3 Å². The van der Waals surface area contributed by atoms with Crippen molar-refractivity contribution in [2.75, 3.05) is 0 Å². The number of nitrogens with two attached hydrogens (primary N) is 1. The average Bonchev–Trinajstić information content (AvgIpc) is 2.19. The second kappa shape index (κ2) is 5.16. The van der Waals surface area contributed by atoms with E-state index in [9.17, 15) is 0 Å². The van der Waals surface area contributed by atoms with Gasteiger partial charge in [-0.15, -0.1) is 12.3 Å². The van der Waals surface area contributed by atoms with E-state index in [0.717, 1.165) is 10.0 Å². The molecule has 1 atom stereocenters. The van der Waals surface area contributed by atoms with Crippen molar-refractivity contribution < 1.29 is 0 Å². The fourth-order valence-corrected chi connectivity index (χ4v) is 1.86. The summed E-state index contributed by atoms with van der Waals surface area (Å²) in [5, 5.41) is 0. The van der Waals surface area contributed by atoms with Crippen molar-refractivity contribution in [3.8, 4) is 12.3 Å². The van der Waals surface area contributed by atoms with Crippen molar-refractivity contribution in [1.29, 1.82) is 0 Å². The number of hydrazine groups is 1. The molecule has 0 aliphatic rings. The Morgan fingerprint density at radius 2 is 2.36 bits per heavy atom. The molecule has 0 saturated heterocycles. The zero-order valence-electron chi connectivity index (χ0n) is 8.05. The van der Waals surface area contributed by atoms with Gasteiger partial charge in [-0.1, -0.05) is 34.1 Å². The van der Waals surface area contributed by atoms with Crippen LogP contribution in [0.3, 0.4) is 0 Å². The molecule has 1 aromatic carbocycles. The van der Waals surface area contributed by atoms with Gasteiger partial charge in [-0.25, -0.2) is 0 Å². The van der Waals surface area contributed by atoms with Crippen LogP contribution in [-0.4, -0.2) is 0 Å². The van der Waals surface area contributed by atoms with Crippen LogP contribution in [0.15, 0.2) is 22.7 Å². The first kappa shape index (κ1) is 11.3. The molecule has 1 rings (SSSR count). The van der Waals surface area contributed by atoms with E-state index in [-0.39, 0.29) is 6.04 Å². The van der Waals surface area contributed by atoms with Gasteiger partial charge in [0.05, 0.1) is 6.04 Å². The molecule has 0 radical (unpaired) electrons. The number of hydrogen-bond donors (Lipinski definition) is 2. The van der Waals surface area contributed by atoms with Crippen LogP contribution in [0.1, 0.15) is 23.6 Å². The van der Waals surface area contributed by atoms with E-state index in [0.29, 0.717) is 6.42 Å². The summed E-state index contributed by atoms with van der Waals surface area (Å²) in [7, 11) is 0. The predicted molar refractivity (Wildman–Crippen MR) is 62.4 cm³/mol. The van der Waals surface area contributed by atoms with Crippen LogP contribution in [-0.2, 0) is 0 Å². The molecule has 0 spiro atoms. The lowest BCUT2D eigenvalue weighted by Gasteiger charge is -2.16. The fraction of sp³-hybridized carbons (Fsp3) is 0.273. The van der Waals surface area contributed by atoms with E-state index in [1.807, 2.05) is 25.1 Å². The molecule has 3 N–H and O–H groups in total. The maximum Gasteiger partial charge on any atom is 0.0580 e. The Bertz CT molecular complexity index is 355. The summed E-state index contributed by atoms with van der Waals surface area (Å²) in [5.74, 6) is 8.04. The molecule has 0 aromatic heterocycles. The van der Waals surface area contributed by atoms with E-state index in [1.165, 1.54) is 5.56 Å². The number of nitrogens with one attached hydrogen (secondary N) is 1. The highest BCUT2D eigenvalue weighted by Crippen LogP contribution is 2.27. The molecule has 2 nitrogen and oxygen atoms in total. The molecule has 14 heavy (non-hydrogen) atoms. The van der Waals surface area contributed by atoms with E-state index < -0.39 is 0 Å². The van der Waals surface area contributed by atoms with Crippen molar-refractivity contribution in [3.05, 3.63) is 33.8 Å². The van der Waals surface area contributed by atoms with Crippen molar-refractivity contribution in [2.45, 2.75) is 19.4 Å². The van der Waals surface area contributed by atoms with Gasteiger partial charge in [-0.05, 0) is 18.1 Å². The Kier molecular flexibility index (Phi) is 4.15. The van der Waals surface area contributed by atoms with Gasteiger partial charge in [-0.2, -0.15) is 0 Å². The third-order valence-electron chi connectivity index (χ3n) is 2.12. The van der Waals surface area contributed by atoms with Crippen LogP contribution in [0.4, 0.5) is 0 Å². The number of halogens is 1. The van der Waals surface area contributed by atoms with Crippen LogP contribution >= 0.6 is 15.9 Å². The molecule has 0 amide bonds. The van der Waals surface area contributed by atoms with Gasteiger partial charge < -0.3 is 0 Å². The number of benzene rings is 1. The van der Waals surface area contributed by atoms with Crippen LogP contribution in [0.5, 0.6) is 0 Å². The van der Waals surface area contributed by atoms with Gasteiger partial charge in [0.1, 0.15) is 0 Å². The molecule has 1 aromatic rings. The lowest BCUT2D eigenvalue weighted by atomic mass is 10.0. The fourth-order valence-electron chi connectivity index (χ4n) is 1.32. The Labute approximate surface area is 93.0 Å². The largest absolute Gasteiger partial charge is 0.271 e. The molecule has 1 unspecified atom stereocenters. The first-order valence-corrected chi connectivity index (χ1v) is 5.14. The monoisotopic (exact) mass is 252 g/mol. The summed E-state index contributed by atoms with van der Waals surface area (Å²) in [6, 6.07) is 6.06. The molecular weight excluding hydrogens is 240 g/mol. The highest BCUT2D eigenvalue weighted by Gasteiger charge is 2.12. The smallest absolute Gasteiger partial charge is 0.0580 e. The van der Waals surface area contributed by atoms with Crippen molar-refractivity contribution >= 4 is 15.9 Å². The minimum absolute atomic E-state index is 0.00859. The molecular formula is C11H13BrN2. The Morgan fingerprint density at radius 3 is 2.93 bits per heavy atom. The van der Waals surface area contributed by atoms with Gasteiger partial charge >= 0.3 is 0 Å². The molecule has 74 valence electrons. The summed E-state index contributed by atoms with van der Waals surface area (Å²) >= 11 is 3.53. The summed E-state index contributed by atoms with van der Waals surface area (Å²) in [5.41, 5.74) is 5.00.